The standard InChI is InChI=1S/C44H28N4/c1-3-11-29(12-4-1)30-19-21-33(22-20-30)42-46-43(38-18-10-9-16-35(38)31-13-5-2-6-14-31)48-44(47-42)39-27-34-15-7-8-17-36(34)37-24-23-32-25-26-45-28-40(32)41(37)39/h1-28H. The summed E-state index contributed by atoms with van der Waals surface area (Å²) in [6.45, 7) is 0. The molecule has 0 saturated heterocycles. The molecule has 0 aliphatic carbocycles. The fourth-order valence-corrected chi connectivity index (χ4v) is 6.68. The highest BCUT2D eigenvalue weighted by Crippen LogP contribution is 2.39. The van der Waals surface area contributed by atoms with Crippen LogP contribution in [0, 0.1) is 0 Å². The summed E-state index contributed by atoms with van der Waals surface area (Å²) in [5.41, 5.74) is 7.31. The zero-order valence-corrected chi connectivity index (χ0v) is 26.0. The Morgan fingerprint density at radius 1 is 0.333 bits per heavy atom. The zero-order chi connectivity index (χ0) is 31.9. The minimum Gasteiger partial charge on any atom is -0.264 e. The van der Waals surface area contributed by atoms with Gasteiger partial charge in [-0.2, -0.15) is 0 Å². The van der Waals surface area contributed by atoms with Crippen LogP contribution >= 0.6 is 0 Å². The van der Waals surface area contributed by atoms with Gasteiger partial charge in [-0.05, 0) is 55.9 Å². The first-order valence-electron chi connectivity index (χ1n) is 16.1. The first-order valence-corrected chi connectivity index (χ1v) is 16.1. The number of benzene rings is 7. The first kappa shape index (κ1) is 27.8. The van der Waals surface area contributed by atoms with Crippen molar-refractivity contribution in [1.29, 1.82) is 0 Å². The molecule has 0 spiro atoms. The number of nitrogens with zero attached hydrogens (tertiary/aromatic N) is 4. The van der Waals surface area contributed by atoms with E-state index in [2.05, 4.69) is 145 Å². The van der Waals surface area contributed by atoms with Crippen LogP contribution in [-0.4, -0.2) is 19.9 Å². The lowest BCUT2D eigenvalue weighted by Crippen LogP contribution is -2.02. The Bertz CT molecular complexity index is 2600. The number of hydrogen-bond donors (Lipinski definition) is 0. The summed E-state index contributed by atoms with van der Waals surface area (Å²) in [5, 5.41) is 6.72. The van der Waals surface area contributed by atoms with Gasteiger partial charge in [0, 0.05) is 39.9 Å². The molecule has 0 radical (unpaired) electrons. The lowest BCUT2D eigenvalue weighted by Gasteiger charge is -2.15. The predicted molar refractivity (Wildman–Crippen MR) is 197 cm³/mol. The van der Waals surface area contributed by atoms with Gasteiger partial charge in [-0.3, -0.25) is 4.98 Å². The molecule has 0 amide bonds. The van der Waals surface area contributed by atoms with Crippen LogP contribution in [0.1, 0.15) is 0 Å². The van der Waals surface area contributed by atoms with Crippen molar-refractivity contribution in [3.8, 4) is 56.4 Å². The predicted octanol–water partition coefficient (Wildman–Crippen LogP) is 11.1. The number of pyridine rings is 1. The summed E-state index contributed by atoms with van der Waals surface area (Å²) in [5.74, 6) is 1.87. The number of rotatable bonds is 5. The summed E-state index contributed by atoms with van der Waals surface area (Å²) >= 11 is 0. The molecule has 4 nitrogen and oxygen atoms in total. The van der Waals surface area contributed by atoms with Gasteiger partial charge in [0.2, 0.25) is 0 Å². The van der Waals surface area contributed by atoms with Gasteiger partial charge in [0.15, 0.2) is 17.5 Å². The lowest BCUT2D eigenvalue weighted by molar-refractivity contribution is 1.08. The molecule has 0 aliphatic heterocycles. The fraction of sp³-hybridized carbons (Fsp3) is 0. The van der Waals surface area contributed by atoms with Gasteiger partial charge in [0.1, 0.15) is 0 Å². The molecule has 0 saturated carbocycles. The van der Waals surface area contributed by atoms with Gasteiger partial charge in [0.25, 0.3) is 0 Å². The maximum absolute atomic E-state index is 5.27. The second kappa shape index (κ2) is 11.7. The molecular formula is C44H28N4. The highest BCUT2D eigenvalue weighted by Gasteiger charge is 2.19. The smallest absolute Gasteiger partial charge is 0.164 e. The van der Waals surface area contributed by atoms with Gasteiger partial charge < -0.3 is 0 Å². The largest absolute Gasteiger partial charge is 0.264 e. The van der Waals surface area contributed by atoms with E-state index in [1.807, 2.05) is 30.6 Å². The second-order valence-corrected chi connectivity index (χ2v) is 11.9. The van der Waals surface area contributed by atoms with Crippen LogP contribution in [0.5, 0.6) is 0 Å². The molecule has 0 unspecified atom stereocenters. The van der Waals surface area contributed by atoms with E-state index in [1.165, 1.54) is 10.9 Å². The topological polar surface area (TPSA) is 51.6 Å². The lowest BCUT2D eigenvalue weighted by atomic mass is 9.93. The Balaban J connectivity index is 1.33. The van der Waals surface area contributed by atoms with Gasteiger partial charge in [-0.1, -0.05) is 146 Å². The van der Waals surface area contributed by atoms with Crippen molar-refractivity contribution in [3.63, 3.8) is 0 Å². The van der Waals surface area contributed by atoms with Crippen molar-refractivity contribution in [1.82, 2.24) is 19.9 Å². The van der Waals surface area contributed by atoms with Crippen molar-refractivity contribution in [2.24, 2.45) is 0 Å². The SMILES string of the molecule is c1ccc(-c2ccc(-c3nc(-c4ccccc4-c4ccccc4)nc(-c4cc5ccccc5c5ccc6ccncc6c45)n3)cc2)cc1. The maximum Gasteiger partial charge on any atom is 0.164 e. The normalized spacial score (nSPS) is 11.3. The number of aromatic nitrogens is 4. The summed E-state index contributed by atoms with van der Waals surface area (Å²) in [6.07, 6.45) is 3.79. The maximum atomic E-state index is 5.27. The van der Waals surface area contributed by atoms with Crippen LogP contribution in [0.3, 0.4) is 0 Å². The van der Waals surface area contributed by atoms with E-state index in [0.29, 0.717) is 17.5 Å². The molecule has 48 heavy (non-hydrogen) atoms. The summed E-state index contributed by atoms with van der Waals surface area (Å²) in [7, 11) is 0. The average molecular weight is 613 g/mol. The molecule has 2 heterocycles. The van der Waals surface area contributed by atoms with Crippen LogP contribution in [0.4, 0.5) is 0 Å². The van der Waals surface area contributed by atoms with Crippen LogP contribution in [0.25, 0.3) is 88.7 Å². The zero-order valence-electron chi connectivity index (χ0n) is 26.0. The molecular weight excluding hydrogens is 585 g/mol. The monoisotopic (exact) mass is 612 g/mol. The molecule has 2 aromatic heterocycles. The van der Waals surface area contributed by atoms with E-state index >= 15 is 0 Å². The third-order valence-corrected chi connectivity index (χ3v) is 9.02. The van der Waals surface area contributed by atoms with Gasteiger partial charge in [-0.15, -0.1) is 0 Å². The van der Waals surface area contributed by atoms with Crippen LogP contribution < -0.4 is 0 Å². The third-order valence-electron chi connectivity index (χ3n) is 9.02. The van der Waals surface area contributed by atoms with E-state index in [4.69, 9.17) is 15.0 Å². The Morgan fingerprint density at radius 3 is 1.73 bits per heavy atom. The van der Waals surface area contributed by atoms with E-state index in [9.17, 15) is 0 Å². The molecule has 224 valence electrons. The molecule has 7 aromatic carbocycles. The molecule has 0 atom stereocenters. The van der Waals surface area contributed by atoms with Crippen LogP contribution in [-0.2, 0) is 0 Å². The number of hydrogen-bond acceptors (Lipinski definition) is 4. The van der Waals surface area contributed by atoms with Crippen molar-refractivity contribution in [2.75, 3.05) is 0 Å². The molecule has 0 fully saturated rings. The Hall–Kier alpha value is -6.52. The first-order chi connectivity index (χ1) is 23.8. The van der Waals surface area contributed by atoms with Gasteiger partial charge in [0.05, 0.1) is 0 Å². The molecule has 9 aromatic rings. The fourth-order valence-electron chi connectivity index (χ4n) is 6.68. The summed E-state index contributed by atoms with van der Waals surface area (Å²) < 4.78 is 0. The minimum atomic E-state index is 0.622. The van der Waals surface area contributed by atoms with Crippen molar-refractivity contribution < 1.29 is 0 Å². The highest BCUT2D eigenvalue weighted by molar-refractivity contribution is 6.22. The minimum absolute atomic E-state index is 0.622. The van der Waals surface area contributed by atoms with Crippen LogP contribution in [0.2, 0.25) is 0 Å². The van der Waals surface area contributed by atoms with Crippen LogP contribution in [0.15, 0.2) is 170 Å². The highest BCUT2D eigenvalue weighted by atomic mass is 15.0. The quantitative estimate of drug-likeness (QED) is 0.181. The molecule has 0 bridgehead atoms. The second-order valence-electron chi connectivity index (χ2n) is 11.9. The molecule has 0 aliphatic rings. The third kappa shape index (κ3) is 4.88. The summed E-state index contributed by atoms with van der Waals surface area (Å²) in [4.78, 5) is 20.2. The molecule has 9 rings (SSSR count). The Kier molecular flexibility index (Phi) is 6.76. The van der Waals surface area contributed by atoms with E-state index in [0.717, 1.165) is 60.3 Å². The van der Waals surface area contributed by atoms with Gasteiger partial charge >= 0.3 is 0 Å². The van der Waals surface area contributed by atoms with Gasteiger partial charge in [-0.25, -0.2) is 15.0 Å². The number of fused-ring (bicyclic) bond motifs is 5. The van der Waals surface area contributed by atoms with E-state index in [1.54, 1.807) is 0 Å². The van der Waals surface area contributed by atoms with Crippen molar-refractivity contribution in [3.05, 3.63) is 170 Å². The average Bonchev–Trinajstić information content (AvgIpc) is 3.18. The van der Waals surface area contributed by atoms with Crippen molar-refractivity contribution >= 4 is 32.3 Å². The van der Waals surface area contributed by atoms with E-state index in [-0.39, 0.29) is 0 Å². The Morgan fingerprint density at radius 2 is 0.938 bits per heavy atom. The summed E-state index contributed by atoms with van der Waals surface area (Å²) in [6, 6.07) is 54.8. The Labute approximate surface area is 278 Å². The molecule has 4 heteroatoms. The van der Waals surface area contributed by atoms with Crippen molar-refractivity contribution in [2.45, 2.75) is 0 Å². The molecule has 0 N–H and O–H groups in total. The van der Waals surface area contributed by atoms with E-state index < -0.39 is 0 Å².